The summed E-state index contributed by atoms with van der Waals surface area (Å²) in [4.78, 5) is 10.3. The van der Waals surface area contributed by atoms with Crippen molar-refractivity contribution in [3.8, 4) is 0 Å². The van der Waals surface area contributed by atoms with Crippen LogP contribution in [0.25, 0.3) is 0 Å². The molecule has 116 valence electrons. The number of carboxylic acids is 1. The van der Waals surface area contributed by atoms with Gasteiger partial charge in [-0.05, 0) is 44.3 Å². The first kappa shape index (κ1) is 18.8. The van der Waals surface area contributed by atoms with Gasteiger partial charge in [0.15, 0.2) is 0 Å². The van der Waals surface area contributed by atoms with Crippen molar-refractivity contribution in [3.05, 3.63) is 24.7 Å². The van der Waals surface area contributed by atoms with E-state index in [-0.39, 0.29) is 0 Å². The van der Waals surface area contributed by atoms with Crippen molar-refractivity contribution in [2.45, 2.75) is 77.6 Å². The fourth-order valence-electron chi connectivity index (χ4n) is 1.87. The Bertz CT molecular complexity index is 269. The summed E-state index contributed by atoms with van der Waals surface area (Å²) in [6.45, 7) is 2.20. The van der Waals surface area contributed by atoms with Crippen LogP contribution in [0.2, 0.25) is 0 Å². The molecule has 0 unspecified atom stereocenters. The lowest BCUT2D eigenvalue weighted by atomic mass is 10.1. The van der Waals surface area contributed by atoms with Crippen LogP contribution in [0.4, 0.5) is 0 Å². The van der Waals surface area contributed by atoms with E-state index in [9.17, 15) is 4.79 Å². The molecule has 0 saturated carbocycles. The van der Waals surface area contributed by atoms with E-state index in [1.54, 1.807) is 12.5 Å². The Morgan fingerprint density at radius 2 is 1.45 bits per heavy atom. The van der Waals surface area contributed by atoms with Gasteiger partial charge in [0.25, 0.3) is 0 Å². The molecule has 0 rings (SSSR count). The molecule has 0 saturated heterocycles. The second-order valence-corrected chi connectivity index (χ2v) is 5.08. The number of carboxylic acid groups (broad SMARTS) is 1. The van der Waals surface area contributed by atoms with Crippen LogP contribution in [0.1, 0.15) is 77.6 Å². The van der Waals surface area contributed by atoms with Gasteiger partial charge in [-0.1, -0.05) is 39.0 Å². The Morgan fingerprint density at radius 1 is 0.900 bits per heavy atom. The van der Waals surface area contributed by atoms with Crippen LogP contribution in [0, 0.1) is 0 Å². The SMILES string of the molecule is CCCCCC=COC=CCCCCCCCC(=O)O. The number of aliphatic carboxylic acids is 1. The van der Waals surface area contributed by atoms with Gasteiger partial charge in [-0.2, -0.15) is 0 Å². The minimum Gasteiger partial charge on any atom is -0.481 e. The lowest BCUT2D eigenvalue weighted by Gasteiger charge is -1.98. The van der Waals surface area contributed by atoms with Gasteiger partial charge >= 0.3 is 5.97 Å². The van der Waals surface area contributed by atoms with Gasteiger partial charge in [0.2, 0.25) is 0 Å². The van der Waals surface area contributed by atoms with Gasteiger partial charge in [-0.3, -0.25) is 4.79 Å². The van der Waals surface area contributed by atoms with Gasteiger partial charge in [0.1, 0.15) is 0 Å². The molecule has 0 aromatic carbocycles. The van der Waals surface area contributed by atoms with E-state index in [2.05, 4.69) is 13.0 Å². The molecule has 0 aliphatic rings. The fourth-order valence-corrected chi connectivity index (χ4v) is 1.87. The number of unbranched alkanes of at least 4 members (excludes halogenated alkanes) is 8. The van der Waals surface area contributed by atoms with Crippen molar-refractivity contribution in [1.29, 1.82) is 0 Å². The molecule has 0 fully saturated rings. The highest BCUT2D eigenvalue weighted by molar-refractivity contribution is 5.66. The molecule has 0 aromatic heterocycles. The summed E-state index contributed by atoms with van der Waals surface area (Å²) < 4.78 is 5.26. The average Bonchev–Trinajstić information content (AvgIpc) is 2.43. The van der Waals surface area contributed by atoms with Crippen LogP contribution in [0.15, 0.2) is 24.7 Å². The second kappa shape index (κ2) is 15.8. The maximum Gasteiger partial charge on any atom is 0.303 e. The van der Waals surface area contributed by atoms with Crippen LogP contribution in [0.3, 0.4) is 0 Å². The normalized spacial score (nSPS) is 11.4. The predicted octanol–water partition coefficient (Wildman–Crippen LogP) is 5.43. The van der Waals surface area contributed by atoms with E-state index in [1.807, 2.05) is 6.08 Å². The minimum atomic E-state index is -0.687. The number of rotatable bonds is 14. The molecule has 0 amide bonds. The zero-order valence-electron chi connectivity index (χ0n) is 12.9. The molecule has 0 heterocycles. The van der Waals surface area contributed by atoms with Crippen molar-refractivity contribution >= 4 is 5.97 Å². The smallest absolute Gasteiger partial charge is 0.303 e. The van der Waals surface area contributed by atoms with E-state index < -0.39 is 5.97 Å². The summed E-state index contributed by atoms with van der Waals surface area (Å²) in [7, 11) is 0. The Labute approximate surface area is 123 Å². The monoisotopic (exact) mass is 282 g/mol. The maximum atomic E-state index is 10.3. The van der Waals surface area contributed by atoms with Crippen molar-refractivity contribution in [2.24, 2.45) is 0 Å². The summed E-state index contributed by atoms with van der Waals surface area (Å²) in [5.74, 6) is -0.687. The third kappa shape index (κ3) is 16.8. The maximum absolute atomic E-state index is 10.3. The quantitative estimate of drug-likeness (QED) is 0.341. The number of allylic oxidation sites excluding steroid dienone is 2. The van der Waals surface area contributed by atoms with E-state index in [4.69, 9.17) is 9.84 Å². The zero-order valence-corrected chi connectivity index (χ0v) is 12.9. The molecule has 0 atom stereocenters. The van der Waals surface area contributed by atoms with Gasteiger partial charge in [-0.15, -0.1) is 0 Å². The molecule has 3 nitrogen and oxygen atoms in total. The third-order valence-electron chi connectivity index (χ3n) is 3.09. The van der Waals surface area contributed by atoms with E-state index in [0.29, 0.717) is 6.42 Å². The number of hydrogen-bond donors (Lipinski definition) is 1. The summed E-state index contributed by atoms with van der Waals surface area (Å²) in [5.41, 5.74) is 0. The Hall–Kier alpha value is -1.25. The Balaban J connectivity index is 3.17. The first-order valence-electron chi connectivity index (χ1n) is 7.94. The van der Waals surface area contributed by atoms with E-state index in [1.165, 1.54) is 19.3 Å². The molecule has 0 radical (unpaired) electrons. The fraction of sp³-hybridized carbons (Fsp3) is 0.706. The lowest BCUT2D eigenvalue weighted by molar-refractivity contribution is -0.137. The predicted molar refractivity (Wildman–Crippen MR) is 83.5 cm³/mol. The molecule has 0 aromatic rings. The molecular weight excluding hydrogens is 252 g/mol. The molecule has 0 aliphatic heterocycles. The Morgan fingerprint density at radius 3 is 2.05 bits per heavy atom. The Kier molecular flexibility index (Phi) is 14.8. The van der Waals surface area contributed by atoms with Gasteiger partial charge in [0, 0.05) is 6.42 Å². The number of carbonyl (C=O) groups is 1. The minimum absolute atomic E-state index is 0.304. The lowest BCUT2D eigenvalue weighted by Crippen LogP contribution is -1.93. The summed E-state index contributed by atoms with van der Waals surface area (Å²) in [5, 5.41) is 8.49. The number of hydrogen-bond acceptors (Lipinski definition) is 2. The summed E-state index contributed by atoms with van der Waals surface area (Å²) in [6, 6.07) is 0. The molecule has 3 heteroatoms. The van der Waals surface area contributed by atoms with Gasteiger partial charge < -0.3 is 9.84 Å². The van der Waals surface area contributed by atoms with Crippen LogP contribution in [-0.4, -0.2) is 11.1 Å². The standard InChI is InChI=1S/C17H30O3/c1-2-3-4-9-12-15-20-16-13-10-7-5-6-8-11-14-17(18)19/h12-13,15-16H,2-11,14H2,1H3,(H,18,19). The topological polar surface area (TPSA) is 46.5 Å². The summed E-state index contributed by atoms with van der Waals surface area (Å²) >= 11 is 0. The van der Waals surface area contributed by atoms with Crippen LogP contribution in [0.5, 0.6) is 0 Å². The van der Waals surface area contributed by atoms with Crippen LogP contribution >= 0.6 is 0 Å². The highest BCUT2D eigenvalue weighted by Crippen LogP contribution is 2.07. The zero-order chi connectivity index (χ0) is 14.9. The number of ether oxygens (including phenoxy) is 1. The average molecular weight is 282 g/mol. The first-order valence-corrected chi connectivity index (χ1v) is 7.94. The molecule has 0 bridgehead atoms. The van der Waals surface area contributed by atoms with E-state index >= 15 is 0 Å². The van der Waals surface area contributed by atoms with Crippen molar-refractivity contribution in [3.63, 3.8) is 0 Å². The third-order valence-corrected chi connectivity index (χ3v) is 3.09. The van der Waals surface area contributed by atoms with Crippen LogP contribution < -0.4 is 0 Å². The largest absolute Gasteiger partial charge is 0.481 e. The molecule has 1 N–H and O–H groups in total. The highest BCUT2D eigenvalue weighted by atomic mass is 16.5. The van der Waals surface area contributed by atoms with Gasteiger partial charge in [-0.25, -0.2) is 0 Å². The highest BCUT2D eigenvalue weighted by Gasteiger charge is 1.95. The molecule has 0 spiro atoms. The van der Waals surface area contributed by atoms with Crippen molar-refractivity contribution in [1.82, 2.24) is 0 Å². The van der Waals surface area contributed by atoms with Crippen molar-refractivity contribution in [2.75, 3.05) is 0 Å². The van der Waals surface area contributed by atoms with E-state index in [0.717, 1.165) is 44.9 Å². The molecule has 0 aliphatic carbocycles. The first-order chi connectivity index (χ1) is 9.77. The summed E-state index contributed by atoms with van der Waals surface area (Å²) in [6.07, 6.45) is 19.1. The van der Waals surface area contributed by atoms with Crippen molar-refractivity contribution < 1.29 is 14.6 Å². The molecule has 20 heavy (non-hydrogen) atoms. The van der Waals surface area contributed by atoms with Crippen LogP contribution in [-0.2, 0) is 9.53 Å². The second-order valence-electron chi connectivity index (χ2n) is 5.08. The molecular formula is C17H30O3. The van der Waals surface area contributed by atoms with Gasteiger partial charge in [0.05, 0.1) is 12.5 Å².